The highest BCUT2D eigenvalue weighted by Crippen LogP contribution is 1.96. The summed E-state index contributed by atoms with van der Waals surface area (Å²) in [6.45, 7) is 3.34. The fourth-order valence-corrected chi connectivity index (χ4v) is 0.911. The average Bonchev–Trinajstić information content (AvgIpc) is 1.21. The molecule has 0 aliphatic rings. The van der Waals surface area contributed by atoms with Gasteiger partial charge in [-0.3, -0.25) is 4.21 Å². The van der Waals surface area contributed by atoms with Crippen molar-refractivity contribution in [2.24, 2.45) is 5.73 Å². The molecule has 0 aromatic carbocycles. The first kappa shape index (κ1) is 8.07. The summed E-state index contributed by atoms with van der Waals surface area (Å²) in [5.41, 5.74) is 4.75. The van der Waals surface area contributed by atoms with Gasteiger partial charge in [-0.2, -0.15) is 0 Å². The third kappa shape index (κ3) is 6.07. The van der Waals surface area contributed by atoms with Gasteiger partial charge in [-0.05, 0) is 13.8 Å². The van der Waals surface area contributed by atoms with Crippen LogP contribution < -0.4 is 5.73 Å². The minimum Gasteiger partial charge on any atom is -0.772 e. The Bertz CT molecular complexity index is 96.7. The molecule has 0 heterocycles. The zero-order valence-electron chi connectivity index (χ0n) is 5.01. The van der Waals surface area contributed by atoms with Crippen molar-refractivity contribution in [3.05, 3.63) is 0 Å². The van der Waals surface area contributed by atoms with Gasteiger partial charge in [0.1, 0.15) is 0 Å². The standard InChI is InChI=1S/C4H11NO2S/c1-4(2,5)3-8(6)7/h3,5H2,1-2H3,(H,6,7)/p-1. The van der Waals surface area contributed by atoms with Crippen LogP contribution in [0.4, 0.5) is 0 Å². The Labute approximate surface area is 51.6 Å². The summed E-state index contributed by atoms with van der Waals surface area (Å²) in [6, 6.07) is 0. The lowest BCUT2D eigenvalue weighted by Gasteiger charge is -2.19. The smallest absolute Gasteiger partial charge is 0.0277 e. The van der Waals surface area contributed by atoms with Gasteiger partial charge in [0.05, 0.1) is 0 Å². The first-order valence-electron chi connectivity index (χ1n) is 2.26. The molecule has 0 radical (unpaired) electrons. The quantitative estimate of drug-likeness (QED) is 0.525. The maximum atomic E-state index is 9.93. The monoisotopic (exact) mass is 136 g/mol. The third-order valence-corrected chi connectivity index (χ3v) is 1.47. The van der Waals surface area contributed by atoms with Crippen LogP contribution in [0.2, 0.25) is 0 Å². The van der Waals surface area contributed by atoms with Crippen molar-refractivity contribution in [3.8, 4) is 0 Å². The van der Waals surface area contributed by atoms with Crippen LogP contribution in [0.3, 0.4) is 0 Å². The first-order chi connectivity index (χ1) is 3.42. The van der Waals surface area contributed by atoms with E-state index in [9.17, 15) is 8.76 Å². The van der Waals surface area contributed by atoms with E-state index in [0.29, 0.717) is 0 Å². The number of hydrogen-bond donors (Lipinski definition) is 1. The molecular formula is C4H10NO2S-. The summed E-state index contributed by atoms with van der Waals surface area (Å²) in [7, 11) is 0. The van der Waals surface area contributed by atoms with Gasteiger partial charge in [0.25, 0.3) is 0 Å². The van der Waals surface area contributed by atoms with Gasteiger partial charge in [0, 0.05) is 11.3 Å². The van der Waals surface area contributed by atoms with E-state index >= 15 is 0 Å². The molecule has 0 aromatic heterocycles. The van der Waals surface area contributed by atoms with Gasteiger partial charge >= 0.3 is 0 Å². The molecule has 0 saturated heterocycles. The Hall–Kier alpha value is 0.0700. The van der Waals surface area contributed by atoms with Crippen LogP contribution in [0.15, 0.2) is 0 Å². The highest BCUT2D eigenvalue weighted by atomic mass is 32.2. The maximum absolute atomic E-state index is 9.93. The van der Waals surface area contributed by atoms with Gasteiger partial charge in [-0.25, -0.2) is 0 Å². The molecule has 50 valence electrons. The van der Waals surface area contributed by atoms with Crippen LogP contribution >= 0.6 is 0 Å². The number of hydrogen-bond acceptors (Lipinski definition) is 3. The highest BCUT2D eigenvalue weighted by molar-refractivity contribution is 7.79. The largest absolute Gasteiger partial charge is 0.772 e. The normalized spacial score (nSPS) is 16.0. The lowest BCUT2D eigenvalue weighted by molar-refractivity contribution is 0.506. The van der Waals surface area contributed by atoms with Gasteiger partial charge in [0.15, 0.2) is 0 Å². The molecule has 0 bridgehead atoms. The van der Waals surface area contributed by atoms with E-state index in [2.05, 4.69) is 0 Å². The molecule has 0 rings (SSSR count). The molecule has 4 heteroatoms. The van der Waals surface area contributed by atoms with Gasteiger partial charge in [0.2, 0.25) is 0 Å². The molecule has 0 spiro atoms. The second-order valence-electron chi connectivity index (χ2n) is 2.44. The average molecular weight is 136 g/mol. The molecule has 0 saturated carbocycles. The van der Waals surface area contributed by atoms with E-state index in [1.165, 1.54) is 0 Å². The molecule has 0 aliphatic carbocycles. The minimum atomic E-state index is -2.01. The van der Waals surface area contributed by atoms with Crippen LogP contribution in [0.25, 0.3) is 0 Å². The van der Waals surface area contributed by atoms with Crippen LogP contribution in [-0.2, 0) is 11.1 Å². The number of rotatable bonds is 2. The van der Waals surface area contributed by atoms with Gasteiger partial charge in [-0.15, -0.1) is 0 Å². The Morgan fingerprint density at radius 1 is 1.75 bits per heavy atom. The SMILES string of the molecule is CC(C)(N)CS(=O)[O-]. The highest BCUT2D eigenvalue weighted by Gasteiger charge is 2.08. The molecule has 8 heavy (non-hydrogen) atoms. The number of nitrogens with two attached hydrogens (primary N) is 1. The molecule has 0 aromatic rings. The van der Waals surface area contributed by atoms with E-state index < -0.39 is 16.6 Å². The van der Waals surface area contributed by atoms with E-state index in [0.717, 1.165) is 0 Å². The fraction of sp³-hybridized carbons (Fsp3) is 1.00. The molecule has 1 unspecified atom stereocenters. The Balaban J connectivity index is 3.55. The van der Waals surface area contributed by atoms with Crippen molar-refractivity contribution in [3.63, 3.8) is 0 Å². The fourth-order valence-electron chi connectivity index (χ4n) is 0.304. The van der Waals surface area contributed by atoms with Crippen molar-refractivity contribution >= 4 is 11.1 Å². The van der Waals surface area contributed by atoms with Crippen LogP contribution in [0.5, 0.6) is 0 Å². The van der Waals surface area contributed by atoms with E-state index in [4.69, 9.17) is 5.73 Å². The lowest BCUT2D eigenvalue weighted by atomic mass is 10.1. The summed E-state index contributed by atoms with van der Waals surface area (Å²) in [4.78, 5) is 0. The summed E-state index contributed by atoms with van der Waals surface area (Å²) in [6.07, 6.45) is 0. The Morgan fingerprint density at radius 3 is 2.12 bits per heavy atom. The molecule has 0 aliphatic heterocycles. The Morgan fingerprint density at radius 2 is 2.12 bits per heavy atom. The molecule has 0 amide bonds. The topological polar surface area (TPSA) is 66.2 Å². The minimum absolute atomic E-state index is 0.0208. The molecule has 3 nitrogen and oxygen atoms in total. The summed E-state index contributed by atoms with van der Waals surface area (Å²) >= 11 is -2.01. The van der Waals surface area contributed by atoms with Crippen LogP contribution in [-0.4, -0.2) is 20.1 Å². The van der Waals surface area contributed by atoms with Gasteiger partial charge in [-0.1, -0.05) is 11.1 Å². The van der Waals surface area contributed by atoms with Crippen LogP contribution in [0.1, 0.15) is 13.8 Å². The molecule has 2 N–H and O–H groups in total. The second kappa shape index (κ2) is 2.57. The predicted octanol–water partition coefficient (Wildman–Crippen LogP) is -0.397. The van der Waals surface area contributed by atoms with Crippen molar-refractivity contribution < 1.29 is 8.76 Å². The maximum Gasteiger partial charge on any atom is 0.0277 e. The molecule has 0 fully saturated rings. The summed E-state index contributed by atoms with van der Waals surface area (Å²) < 4.78 is 19.9. The summed E-state index contributed by atoms with van der Waals surface area (Å²) in [5.74, 6) is 0.0208. The van der Waals surface area contributed by atoms with E-state index in [1.807, 2.05) is 0 Å². The Kier molecular flexibility index (Phi) is 2.59. The zero-order chi connectivity index (χ0) is 6.78. The first-order valence-corrected chi connectivity index (χ1v) is 3.51. The second-order valence-corrected chi connectivity index (χ2v) is 3.33. The predicted molar refractivity (Wildman–Crippen MR) is 32.1 cm³/mol. The molecular weight excluding hydrogens is 126 g/mol. The van der Waals surface area contributed by atoms with Crippen molar-refractivity contribution in [2.45, 2.75) is 19.4 Å². The zero-order valence-corrected chi connectivity index (χ0v) is 5.83. The molecule has 1 atom stereocenters. The lowest BCUT2D eigenvalue weighted by Crippen LogP contribution is -2.37. The van der Waals surface area contributed by atoms with E-state index in [1.54, 1.807) is 13.8 Å². The van der Waals surface area contributed by atoms with Crippen LogP contribution in [0, 0.1) is 0 Å². The third-order valence-electron chi connectivity index (χ3n) is 0.490. The van der Waals surface area contributed by atoms with E-state index in [-0.39, 0.29) is 5.75 Å². The summed E-state index contributed by atoms with van der Waals surface area (Å²) in [5, 5.41) is 0. The van der Waals surface area contributed by atoms with Gasteiger partial charge < -0.3 is 10.3 Å². The van der Waals surface area contributed by atoms with Crippen molar-refractivity contribution in [1.29, 1.82) is 0 Å². The van der Waals surface area contributed by atoms with Crippen molar-refractivity contribution in [1.82, 2.24) is 0 Å². The van der Waals surface area contributed by atoms with Crippen molar-refractivity contribution in [2.75, 3.05) is 5.75 Å².